The average Bonchev–Trinajstić information content (AvgIpc) is 3.22. The van der Waals surface area contributed by atoms with E-state index in [1.165, 1.54) is 22.2 Å². The van der Waals surface area contributed by atoms with E-state index in [0.29, 0.717) is 6.54 Å². The Hall–Kier alpha value is -2.76. The molecule has 3 aromatic rings. The molecule has 0 spiro atoms. The van der Waals surface area contributed by atoms with E-state index in [0.717, 1.165) is 36.8 Å². The summed E-state index contributed by atoms with van der Waals surface area (Å²) in [7, 11) is 1.77. The smallest absolute Gasteiger partial charge is 0.191 e. The summed E-state index contributed by atoms with van der Waals surface area (Å²) in [5, 5.41) is 11.9. The molecule has 2 heterocycles. The van der Waals surface area contributed by atoms with Crippen LogP contribution in [0.2, 0.25) is 0 Å². The first kappa shape index (κ1) is 17.1. The van der Waals surface area contributed by atoms with Crippen LogP contribution >= 0.6 is 0 Å². The standard InChI is InChI=1S/C19H25N5O/c1-4-14-11-15(25-24-14)12-22-19(20-3)21-10-9-16-13(2)23-18-8-6-5-7-17(16)18/h5-8,11,23H,4,9-10,12H2,1-3H3,(H2,20,21,22). The van der Waals surface area contributed by atoms with Gasteiger partial charge in [-0.1, -0.05) is 30.3 Å². The van der Waals surface area contributed by atoms with Gasteiger partial charge in [0.15, 0.2) is 11.7 Å². The number of aromatic amines is 1. The summed E-state index contributed by atoms with van der Waals surface area (Å²) in [6.45, 7) is 5.55. The van der Waals surface area contributed by atoms with E-state index < -0.39 is 0 Å². The van der Waals surface area contributed by atoms with Crippen LogP contribution in [0.3, 0.4) is 0 Å². The van der Waals surface area contributed by atoms with E-state index in [-0.39, 0.29) is 0 Å². The summed E-state index contributed by atoms with van der Waals surface area (Å²) >= 11 is 0. The zero-order valence-corrected chi connectivity index (χ0v) is 15.0. The Bertz CT molecular complexity index is 862. The summed E-state index contributed by atoms with van der Waals surface area (Å²) in [6.07, 6.45) is 1.80. The lowest BCUT2D eigenvalue weighted by atomic mass is 10.1. The Balaban J connectivity index is 1.53. The number of hydrogen-bond acceptors (Lipinski definition) is 3. The number of hydrogen-bond donors (Lipinski definition) is 3. The molecule has 0 radical (unpaired) electrons. The Morgan fingerprint density at radius 1 is 1.28 bits per heavy atom. The summed E-state index contributed by atoms with van der Waals surface area (Å²) in [6, 6.07) is 10.4. The molecule has 0 saturated carbocycles. The van der Waals surface area contributed by atoms with Crippen LogP contribution in [-0.2, 0) is 19.4 Å². The van der Waals surface area contributed by atoms with Crippen molar-refractivity contribution in [3.8, 4) is 0 Å². The Morgan fingerprint density at radius 2 is 2.12 bits per heavy atom. The van der Waals surface area contributed by atoms with Crippen LogP contribution in [0.4, 0.5) is 0 Å². The molecule has 0 aliphatic rings. The van der Waals surface area contributed by atoms with E-state index in [1.807, 2.05) is 6.07 Å². The van der Waals surface area contributed by atoms with Crippen LogP contribution in [0.15, 0.2) is 39.8 Å². The van der Waals surface area contributed by atoms with E-state index in [1.54, 1.807) is 7.05 Å². The minimum atomic E-state index is 0.568. The monoisotopic (exact) mass is 339 g/mol. The lowest BCUT2D eigenvalue weighted by Gasteiger charge is -2.10. The molecule has 3 N–H and O–H groups in total. The number of benzene rings is 1. The van der Waals surface area contributed by atoms with Gasteiger partial charge in [0.05, 0.1) is 12.2 Å². The second-order valence-electron chi connectivity index (χ2n) is 6.01. The van der Waals surface area contributed by atoms with E-state index >= 15 is 0 Å². The number of nitrogens with one attached hydrogen (secondary N) is 3. The maximum Gasteiger partial charge on any atom is 0.191 e. The van der Waals surface area contributed by atoms with Gasteiger partial charge in [-0.2, -0.15) is 0 Å². The third-order valence-corrected chi connectivity index (χ3v) is 4.32. The van der Waals surface area contributed by atoms with Crippen LogP contribution in [0.5, 0.6) is 0 Å². The number of rotatable bonds is 6. The molecule has 0 unspecified atom stereocenters. The fraction of sp³-hybridized carbons (Fsp3) is 0.368. The molecule has 25 heavy (non-hydrogen) atoms. The van der Waals surface area contributed by atoms with Crippen molar-refractivity contribution in [2.45, 2.75) is 33.2 Å². The molecule has 2 aromatic heterocycles. The van der Waals surface area contributed by atoms with Gasteiger partial charge < -0.3 is 20.1 Å². The zero-order chi connectivity index (χ0) is 17.6. The summed E-state index contributed by atoms with van der Waals surface area (Å²) < 4.78 is 5.28. The summed E-state index contributed by atoms with van der Waals surface area (Å²) in [5.74, 6) is 1.57. The van der Waals surface area contributed by atoms with Crippen LogP contribution in [0.25, 0.3) is 10.9 Å². The maximum atomic E-state index is 5.28. The molecule has 0 aliphatic carbocycles. The van der Waals surface area contributed by atoms with Crippen LogP contribution in [0.1, 0.15) is 29.6 Å². The van der Waals surface area contributed by atoms with E-state index in [4.69, 9.17) is 4.52 Å². The van der Waals surface area contributed by atoms with Crippen molar-refractivity contribution in [3.05, 3.63) is 53.0 Å². The first-order chi connectivity index (χ1) is 12.2. The van der Waals surface area contributed by atoms with E-state index in [2.05, 4.69) is 63.9 Å². The summed E-state index contributed by atoms with van der Waals surface area (Å²) in [4.78, 5) is 7.70. The van der Waals surface area contributed by atoms with Crippen LogP contribution in [0, 0.1) is 6.92 Å². The highest BCUT2D eigenvalue weighted by atomic mass is 16.5. The molecule has 0 amide bonds. The van der Waals surface area contributed by atoms with Crippen molar-refractivity contribution in [1.82, 2.24) is 20.8 Å². The topological polar surface area (TPSA) is 78.2 Å². The quantitative estimate of drug-likeness (QED) is 0.477. The minimum Gasteiger partial charge on any atom is -0.359 e. The minimum absolute atomic E-state index is 0.568. The largest absolute Gasteiger partial charge is 0.359 e. The van der Waals surface area contributed by atoms with Gasteiger partial charge >= 0.3 is 0 Å². The lowest BCUT2D eigenvalue weighted by molar-refractivity contribution is 0.374. The fourth-order valence-corrected chi connectivity index (χ4v) is 2.96. The van der Waals surface area contributed by atoms with Crippen LogP contribution < -0.4 is 10.6 Å². The SMILES string of the molecule is CCc1cc(CNC(=NC)NCCc2c(C)[nH]c3ccccc23)on1. The number of fused-ring (bicyclic) bond motifs is 1. The normalized spacial score (nSPS) is 11.9. The molecule has 0 saturated heterocycles. The molecular formula is C19H25N5O. The molecule has 0 bridgehead atoms. The molecule has 1 aromatic carbocycles. The molecule has 132 valence electrons. The van der Waals surface area contributed by atoms with Crippen molar-refractivity contribution in [2.24, 2.45) is 4.99 Å². The second-order valence-corrected chi connectivity index (χ2v) is 6.01. The van der Waals surface area contributed by atoms with Gasteiger partial charge in [0.2, 0.25) is 0 Å². The van der Waals surface area contributed by atoms with Crippen molar-refractivity contribution < 1.29 is 4.52 Å². The fourth-order valence-electron chi connectivity index (χ4n) is 2.96. The highest BCUT2D eigenvalue weighted by Crippen LogP contribution is 2.21. The molecular weight excluding hydrogens is 314 g/mol. The molecule has 3 rings (SSSR count). The Morgan fingerprint density at radius 3 is 2.88 bits per heavy atom. The predicted molar refractivity (Wildman–Crippen MR) is 101 cm³/mol. The summed E-state index contributed by atoms with van der Waals surface area (Å²) in [5.41, 5.74) is 4.73. The third kappa shape index (κ3) is 4.02. The molecule has 6 nitrogen and oxygen atoms in total. The first-order valence-electron chi connectivity index (χ1n) is 8.66. The Kier molecular flexibility index (Phi) is 5.38. The number of guanidine groups is 1. The predicted octanol–water partition coefficient (Wildman–Crippen LogP) is 2.93. The number of aromatic nitrogens is 2. The molecule has 6 heteroatoms. The van der Waals surface area contributed by atoms with Gasteiger partial charge in [0.1, 0.15) is 0 Å². The van der Waals surface area contributed by atoms with Crippen molar-refractivity contribution in [3.63, 3.8) is 0 Å². The number of H-pyrrole nitrogens is 1. The number of aryl methyl sites for hydroxylation is 2. The highest BCUT2D eigenvalue weighted by Gasteiger charge is 2.08. The van der Waals surface area contributed by atoms with Gasteiger partial charge in [-0.15, -0.1) is 0 Å². The molecule has 0 aliphatic heterocycles. The molecule has 0 fully saturated rings. The maximum absolute atomic E-state index is 5.28. The Labute approximate surface area is 147 Å². The van der Waals surface area contributed by atoms with Gasteiger partial charge in [0.25, 0.3) is 0 Å². The van der Waals surface area contributed by atoms with E-state index in [9.17, 15) is 0 Å². The number of aliphatic imine (C=N–C) groups is 1. The lowest BCUT2D eigenvalue weighted by Crippen LogP contribution is -2.37. The van der Waals surface area contributed by atoms with Gasteiger partial charge in [0, 0.05) is 36.3 Å². The van der Waals surface area contributed by atoms with Gasteiger partial charge in [-0.3, -0.25) is 4.99 Å². The highest BCUT2D eigenvalue weighted by molar-refractivity contribution is 5.84. The van der Waals surface area contributed by atoms with Crippen molar-refractivity contribution in [1.29, 1.82) is 0 Å². The second kappa shape index (κ2) is 7.88. The van der Waals surface area contributed by atoms with Crippen molar-refractivity contribution >= 4 is 16.9 Å². The first-order valence-corrected chi connectivity index (χ1v) is 8.66. The third-order valence-electron chi connectivity index (χ3n) is 4.32. The van der Waals surface area contributed by atoms with Crippen molar-refractivity contribution in [2.75, 3.05) is 13.6 Å². The number of para-hydroxylation sites is 1. The average molecular weight is 339 g/mol. The molecule has 0 atom stereocenters. The number of nitrogens with zero attached hydrogens (tertiary/aromatic N) is 2. The van der Waals surface area contributed by atoms with Crippen LogP contribution in [-0.4, -0.2) is 29.7 Å². The zero-order valence-electron chi connectivity index (χ0n) is 15.0. The van der Waals surface area contributed by atoms with Gasteiger partial charge in [-0.25, -0.2) is 0 Å². The van der Waals surface area contributed by atoms with Gasteiger partial charge in [-0.05, 0) is 31.4 Å².